The molecule has 0 bridgehead atoms. The molecule has 2 aromatic rings. The molecule has 0 radical (unpaired) electrons. The molecule has 0 unspecified atom stereocenters. The highest BCUT2D eigenvalue weighted by Gasteiger charge is 2.24. The van der Waals surface area contributed by atoms with Gasteiger partial charge >= 0.3 is 0 Å². The van der Waals surface area contributed by atoms with Crippen LogP contribution >= 0.6 is 0 Å². The van der Waals surface area contributed by atoms with Crippen LogP contribution in [0.5, 0.6) is 11.5 Å². The van der Waals surface area contributed by atoms with Crippen molar-refractivity contribution < 1.29 is 18.7 Å². The second-order valence-electron chi connectivity index (χ2n) is 7.32. The van der Waals surface area contributed by atoms with Crippen LogP contribution in [-0.2, 0) is 9.59 Å². The normalized spacial score (nSPS) is 11.1. The number of amides is 2. The van der Waals surface area contributed by atoms with Crippen LogP contribution in [0.4, 0.5) is 15.9 Å². The van der Waals surface area contributed by atoms with E-state index in [9.17, 15) is 14.0 Å². The molecule has 0 atom stereocenters. The Balaban J connectivity index is 2.30. The molecule has 1 heterocycles. The molecular weight excluding hydrogens is 351 g/mol. The minimum Gasteiger partial charge on any atom is -0.454 e. The van der Waals surface area contributed by atoms with Crippen molar-refractivity contribution in [3.05, 3.63) is 42.3 Å². The first-order valence-corrected chi connectivity index (χ1v) is 8.33. The van der Waals surface area contributed by atoms with Crippen LogP contribution in [0.15, 0.2) is 36.5 Å². The molecule has 0 aliphatic rings. The molecule has 2 rings (SSSR count). The van der Waals surface area contributed by atoms with Gasteiger partial charge in [0.25, 0.3) is 0 Å². The average molecular weight is 374 g/mol. The van der Waals surface area contributed by atoms with E-state index in [0.29, 0.717) is 18.0 Å². The first-order valence-electron chi connectivity index (χ1n) is 8.33. The van der Waals surface area contributed by atoms with Gasteiger partial charge in [-0.3, -0.25) is 9.59 Å². The van der Waals surface area contributed by atoms with Crippen LogP contribution in [0.1, 0.15) is 27.2 Å². The number of ether oxygens (including phenoxy) is 1. The smallest absolute Gasteiger partial charge is 0.236 e. The second kappa shape index (κ2) is 8.03. The summed E-state index contributed by atoms with van der Waals surface area (Å²) in [5, 5.41) is 0. The van der Waals surface area contributed by atoms with E-state index in [-0.39, 0.29) is 17.0 Å². The van der Waals surface area contributed by atoms with E-state index >= 15 is 0 Å². The Labute approximate surface area is 157 Å². The van der Waals surface area contributed by atoms with Gasteiger partial charge in [0, 0.05) is 30.6 Å². The van der Waals surface area contributed by atoms with Crippen molar-refractivity contribution in [3.63, 3.8) is 0 Å². The molecule has 0 saturated carbocycles. The van der Waals surface area contributed by atoms with Gasteiger partial charge < -0.3 is 21.1 Å². The Kier molecular flexibility index (Phi) is 5.99. The summed E-state index contributed by atoms with van der Waals surface area (Å²) in [7, 11) is 0. The van der Waals surface area contributed by atoms with E-state index in [1.165, 1.54) is 29.3 Å². The van der Waals surface area contributed by atoms with E-state index in [2.05, 4.69) is 4.98 Å². The predicted octanol–water partition coefficient (Wildman–Crippen LogP) is 2.85. The highest BCUT2D eigenvalue weighted by atomic mass is 19.1. The lowest BCUT2D eigenvalue weighted by atomic mass is 9.95. The second-order valence-corrected chi connectivity index (χ2v) is 7.32. The van der Waals surface area contributed by atoms with E-state index in [0.717, 1.165) is 0 Å². The predicted molar refractivity (Wildman–Crippen MR) is 101 cm³/mol. The number of hydrogen-bond donors (Lipinski definition) is 2. The Hall–Kier alpha value is -3.16. The third-order valence-electron chi connectivity index (χ3n) is 3.47. The lowest BCUT2D eigenvalue weighted by molar-refractivity contribution is -0.126. The van der Waals surface area contributed by atoms with Gasteiger partial charge in [-0.2, -0.15) is 0 Å². The zero-order chi connectivity index (χ0) is 20.2. The van der Waals surface area contributed by atoms with Crippen LogP contribution in [-0.4, -0.2) is 23.3 Å². The molecule has 8 heteroatoms. The van der Waals surface area contributed by atoms with Crippen molar-refractivity contribution >= 4 is 23.3 Å². The molecule has 4 N–H and O–H groups in total. The van der Waals surface area contributed by atoms with Crippen molar-refractivity contribution in [2.45, 2.75) is 27.2 Å². The third-order valence-corrected chi connectivity index (χ3v) is 3.47. The van der Waals surface area contributed by atoms with Crippen molar-refractivity contribution in [1.82, 2.24) is 4.98 Å². The molecule has 7 nitrogen and oxygen atoms in total. The number of nitrogens with two attached hydrogens (primary N) is 2. The molecule has 0 saturated heterocycles. The van der Waals surface area contributed by atoms with Crippen molar-refractivity contribution in [1.29, 1.82) is 0 Å². The lowest BCUT2D eigenvalue weighted by Gasteiger charge is -2.30. The number of carbonyl (C=O) groups excluding carboxylic acids is 2. The molecule has 0 spiro atoms. The summed E-state index contributed by atoms with van der Waals surface area (Å²) in [4.78, 5) is 28.7. The Morgan fingerprint density at radius 3 is 2.48 bits per heavy atom. The van der Waals surface area contributed by atoms with Crippen LogP contribution in [0.2, 0.25) is 0 Å². The zero-order valence-corrected chi connectivity index (χ0v) is 15.5. The van der Waals surface area contributed by atoms with Gasteiger partial charge in [0.15, 0.2) is 11.6 Å². The van der Waals surface area contributed by atoms with Crippen LogP contribution < -0.4 is 21.1 Å². The SMILES string of the molecule is CC(C)(C)CN(C(=O)CC(N)=O)c1ccc(Oc2ccnc(N)c2)c(F)c1. The topological polar surface area (TPSA) is 112 Å². The van der Waals surface area contributed by atoms with E-state index in [4.69, 9.17) is 16.2 Å². The summed E-state index contributed by atoms with van der Waals surface area (Å²) in [5.41, 5.74) is 10.8. The molecule has 0 aliphatic carbocycles. The number of benzene rings is 1. The fourth-order valence-corrected chi connectivity index (χ4v) is 2.40. The van der Waals surface area contributed by atoms with Crippen LogP contribution in [0.25, 0.3) is 0 Å². The Bertz CT molecular complexity index is 849. The molecule has 1 aromatic carbocycles. The minimum atomic E-state index is -0.741. The summed E-state index contributed by atoms with van der Waals surface area (Å²) in [6.45, 7) is 6.08. The standard InChI is InChI=1S/C19H23FN4O3/c1-19(2,3)11-24(18(26)10-17(22)25)12-4-5-15(14(20)8-12)27-13-6-7-23-16(21)9-13/h4-9H,10-11H2,1-3H3,(H2,21,23)(H2,22,25). The highest BCUT2D eigenvalue weighted by molar-refractivity contribution is 6.04. The maximum absolute atomic E-state index is 14.6. The van der Waals surface area contributed by atoms with Gasteiger partial charge in [-0.1, -0.05) is 20.8 Å². The monoisotopic (exact) mass is 374 g/mol. The number of aromatic nitrogens is 1. The summed E-state index contributed by atoms with van der Waals surface area (Å²) in [5.74, 6) is -1.33. The van der Waals surface area contributed by atoms with Crippen molar-refractivity contribution in [3.8, 4) is 11.5 Å². The maximum atomic E-state index is 14.6. The lowest BCUT2D eigenvalue weighted by Crippen LogP contribution is -2.39. The fraction of sp³-hybridized carbons (Fsp3) is 0.316. The first-order chi connectivity index (χ1) is 12.5. The number of nitrogen functional groups attached to an aromatic ring is 1. The van der Waals surface area contributed by atoms with Gasteiger partial charge in [-0.05, 0) is 23.6 Å². The number of hydrogen-bond acceptors (Lipinski definition) is 5. The highest BCUT2D eigenvalue weighted by Crippen LogP contribution is 2.30. The van der Waals surface area contributed by atoms with Gasteiger partial charge in [0.1, 0.15) is 18.0 Å². The number of halogens is 1. The maximum Gasteiger partial charge on any atom is 0.236 e. The molecule has 144 valence electrons. The summed E-state index contributed by atoms with van der Waals surface area (Å²) in [6.07, 6.45) is 0.997. The van der Waals surface area contributed by atoms with E-state index < -0.39 is 24.1 Å². The van der Waals surface area contributed by atoms with Gasteiger partial charge in [0.2, 0.25) is 11.8 Å². The molecule has 27 heavy (non-hydrogen) atoms. The fourth-order valence-electron chi connectivity index (χ4n) is 2.40. The van der Waals surface area contributed by atoms with Crippen molar-refractivity contribution in [2.24, 2.45) is 11.1 Å². The number of primary amides is 1. The van der Waals surface area contributed by atoms with E-state index in [1.54, 1.807) is 12.1 Å². The van der Waals surface area contributed by atoms with Crippen molar-refractivity contribution in [2.75, 3.05) is 17.2 Å². The van der Waals surface area contributed by atoms with E-state index in [1.807, 2.05) is 20.8 Å². The van der Waals surface area contributed by atoms with Crippen LogP contribution in [0, 0.1) is 11.2 Å². The molecule has 0 fully saturated rings. The number of pyridine rings is 1. The first kappa shape index (κ1) is 20.2. The number of rotatable bonds is 6. The average Bonchev–Trinajstić information content (AvgIpc) is 2.53. The quantitative estimate of drug-likeness (QED) is 0.755. The summed E-state index contributed by atoms with van der Waals surface area (Å²) in [6, 6.07) is 7.16. The van der Waals surface area contributed by atoms with Gasteiger partial charge in [-0.15, -0.1) is 0 Å². The van der Waals surface area contributed by atoms with Gasteiger partial charge in [-0.25, -0.2) is 9.37 Å². The molecular formula is C19H23FN4O3. The summed E-state index contributed by atoms with van der Waals surface area (Å²) >= 11 is 0. The minimum absolute atomic E-state index is 0.0255. The number of anilines is 2. The molecule has 0 aliphatic heterocycles. The zero-order valence-electron chi connectivity index (χ0n) is 15.5. The molecule has 2 amide bonds. The Morgan fingerprint density at radius 1 is 1.22 bits per heavy atom. The van der Waals surface area contributed by atoms with Crippen LogP contribution in [0.3, 0.4) is 0 Å². The summed E-state index contributed by atoms with van der Waals surface area (Å²) < 4.78 is 20.0. The Morgan fingerprint density at radius 2 is 1.93 bits per heavy atom. The number of carbonyl (C=O) groups is 2. The third kappa shape index (κ3) is 5.95. The van der Waals surface area contributed by atoms with Gasteiger partial charge in [0.05, 0.1) is 0 Å². The number of nitrogens with zero attached hydrogens (tertiary/aromatic N) is 2. The molecule has 1 aromatic heterocycles. The largest absolute Gasteiger partial charge is 0.454 e.